The second kappa shape index (κ2) is 9.36. The summed E-state index contributed by atoms with van der Waals surface area (Å²) in [5.41, 5.74) is 3.70. The molecule has 0 aliphatic carbocycles. The zero-order valence-corrected chi connectivity index (χ0v) is 17.5. The molecular formula is C23H18N4O4S. The van der Waals surface area contributed by atoms with E-state index in [9.17, 15) is 19.8 Å². The lowest BCUT2D eigenvalue weighted by Gasteiger charge is -2.12. The summed E-state index contributed by atoms with van der Waals surface area (Å²) < 4.78 is 1.48. The second-order valence-corrected chi connectivity index (χ2v) is 7.66. The number of para-hydroxylation sites is 2. The molecule has 0 fully saturated rings. The molecule has 0 aliphatic heterocycles. The third-order valence-electron chi connectivity index (χ3n) is 4.50. The predicted octanol–water partition coefficient (Wildman–Crippen LogP) is 3.04. The minimum Gasteiger partial charge on any atom is -0.508 e. The fraction of sp³-hybridized carbons (Fsp3) is 0.0435. The van der Waals surface area contributed by atoms with Crippen LogP contribution < -0.4 is 11.0 Å². The SMILES string of the molecule is O=C(CSc1nc2ccccc2c(=O)n1-c1ccccc1)N/N=C/c1ccc(O)cc1O. The second-order valence-electron chi connectivity index (χ2n) is 6.71. The Balaban J connectivity index is 1.54. The summed E-state index contributed by atoms with van der Waals surface area (Å²) in [6, 6.07) is 20.2. The molecule has 0 bridgehead atoms. The van der Waals surface area contributed by atoms with Gasteiger partial charge < -0.3 is 10.2 Å². The molecule has 0 radical (unpaired) electrons. The van der Waals surface area contributed by atoms with Crippen molar-refractivity contribution in [1.29, 1.82) is 0 Å². The van der Waals surface area contributed by atoms with Gasteiger partial charge >= 0.3 is 0 Å². The van der Waals surface area contributed by atoms with Crippen molar-refractivity contribution in [1.82, 2.24) is 15.0 Å². The van der Waals surface area contributed by atoms with Crippen LogP contribution in [0, 0.1) is 0 Å². The van der Waals surface area contributed by atoms with Crippen molar-refractivity contribution >= 4 is 34.8 Å². The van der Waals surface area contributed by atoms with Gasteiger partial charge in [-0.05, 0) is 36.4 Å². The number of aromatic hydroxyl groups is 2. The average Bonchev–Trinajstić information content (AvgIpc) is 2.80. The summed E-state index contributed by atoms with van der Waals surface area (Å²) in [5.74, 6) is -0.681. The summed E-state index contributed by atoms with van der Waals surface area (Å²) in [6.07, 6.45) is 1.27. The Labute approximate surface area is 186 Å². The van der Waals surface area contributed by atoms with Crippen LogP contribution in [-0.4, -0.2) is 37.6 Å². The molecule has 8 nitrogen and oxygen atoms in total. The van der Waals surface area contributed by atoms with Gasteiger partial charge in [-0.1, -0.05) is 42.1 Å². The van der Waals surface area contributed by atoms with Gasteiger partial charge in [-0.15, -0.1) is 0 Å². The number of nitrogens with zero attached hydrogens (tertiary/aromatic N) is 3. The van der Waals surface area contributed by atoms with Crippen molar-refractivity contribution in [3.63, 3.8) is 0 Å². The van der Waals surface area contributed by atoms with E-state index in [1.165, 1.54) is 29.0 Å². The monoisotopic (exact) mass is 446 g/mol. The van der Waals surface area contributed by atoms with Gasteiger partial charge in [0.15, 0.2) is 5.16 Å². The highest BCUT2D eigenvalue weighted by atomic mass is 32.2. The van der Waals surface area contributed by atoms with Crippen LogP contribution in [0.15, 0.2) is 87.8 Å². The summed E-state index contributed by atoms with van der Waals surface area (Å²) in [6.45, 7) is 0. The number of hydrogen-bond acceptors (Lipinski definition) is 7. The number of carbonyl (C=O) groups excluding carboxylic acids is 1. The highest BCUT2D eigenvalue weighted by Gasteiger charge is 2.14. The lowest BCUT2D eigenvalue weighted by molar-refractivity contribution is -0.118. The molecular weight excluding hydrogens is 428 g/mol. The van der Waals surface area contributed by atoms with Crippen molar-refractivity contribution in [2.75, 3.05) is 5.75 Å². The molecule has 3 aromatic carbocycles. The molecule has 1 heterocycles. The van der Waals surface area contributed by atoms with E-state index in [-0.39, 0.29) is 22.8 Å². The molecule has 0 aliphatic rings. The van der Waals surface area contributed by atoms with E-state index in [2.05, 4.69) is 15.5 Å². The number of fused-ring (bicyclic) bond motifs is 1. The smallest absolute Gasteiger partial charge is 0.266 e. The number of nitrogens with one attached hydrogen (secondary N) is 1. The zero-order chi connectivity index (χ0) is 22.5. The van der Waals surface area contributed by atoms with E-state index in [4.69, 9.17) is 0 Å². The van der Waals surface area contributed by atoms with E-state index in [0.29, 0.717) is 27.3 Å². The molecule has 4 rings (SSSR count). The number of aromatic nitrogens is 2. The van der Waals surface area contributed by atoms with Gasteiger partial charge in [-0.2, -0.15) is 5.10 Å². The number of benzene rings is 3. The Kier molecular flexibility index (Phi) is 6.18. The normalized spacial score (nSPS) is 11.1. The molecule has 1 aromatic heterocycles. The molecule has 0 atom stereocenters. The third-order valence-corrected chi connectivity index (χ3v) is 5.44. The maximum atomic E-state index is 13.1. The van der Waals surface area contributed by atoms with Crippen LogP contribution in [0.5, 0.6) is 11.5 Å². The predicted molar refractivity (Wildman–Crippen MR) is 124 cm³/mol. The Bertz CT molecular complexity index is 1370. The fourth-order valence-corrected chi connectivity index (χ4v) is 3.80. The van der Waals surface area contributed by atoms with Gasteiger partial charge in [-0.3, -0.25) is 14.2 Å². The molecule has 3 N–H and O–H groups in total. The van der Waals surface area contributed by atoms with E-state index in [1.807, 2.05) is 18.2 Å². The van der Waals surface area contributed by atoms with Crippen LogP contribution in [0.25, 0.3) is 16.6 Å². The van der Waals surface area contributed by atoms with Crippen LogP contribution in [-0.2, 0) is 4.79 Å². The fourth-order valence-electron chi connectivity index (χ4n) is 2.99. The molecule has 0 saturated heterocycles. The summed E-state index contributed by atoms with van der Waals surface area (Å²) in [5, 5.41) is 23.8. The van der Waals surface area contributed by atoms with Crippen LogP contribution in [0.1, 0.15) is 5.56 Å². The maximum absolute atomic E-state index is 13.1. The summed E-state index contributed by atoms with van der Waals surface area (Å²) >= 11 is 1.11. The highest BCUT2D eigenvalue weighted by molar-refractivity contribution is 7.99. The lowest BCUT2D eigenvalue weighted by atomic mass is 10.2. The van der Waals surface area contributed by atoms with Crippen LogP contribution in [0.4, 0.5) is 0 Å². The average molecular weight is 446 g/mol. The Hall–Kier alpha value is -4.11. The van der Waals surface area contributed by atoms with E-state index >= 15 is 0 Å². The first-order valence-electron chi connectivity index (χ1n) is 9.57. The van der Waals surface area contributed by atoms with Crippen LogP contribution in [0.3, 0.4) is 0 Å². The Morgan fingerprint density at radius 1 is 1.06 bits per heavy atom. The van der Waals surface area contributed by atoms with Crippen molar-refractivity contribution < 1.29 is 15.0 Å². The summed E-state index contributed by atoms with van der Waals surface area (Å²) in [7, 11) is 0. The molecule has 4 aromatic rings. The van der Waals surface area contributed by atoms with Crippen LogP contribution >= 0.6 is 11.8 Å². The number of hydrogen-bond donors (Lipinski definition) is 3. The summed E-state index contributed by atoms with van der Waals surface area (Å²) in [4.78, 5) is 30.0. The van der Waals surface area contributed by atoms with Crippen molar-refractivity contribution in [2.45, 2.75) is 5.16 Å². The minimum atomic E-state index is -0.411. The zero-order valence-electron chi connectivity index (χ0n) is 16.7. The number of thioether (sulfide) groups is 1. The largest absolute Gasteiger partial charge is 0.508 e. The topological polar surface area (TPSA) is 117 Å². The van der Waals surface area contributed by atoms with Gasteiger partial charge in [0.2, 0.25) is 0 Å². The molecule has 0 saturated carbocycles. The number of carbonyl (C=O) groups is 1. The molecule has 1 amide bonds. The lowest BCUT2D eigenvalue weighted by Crippen LogP contribution is -2.24. The molecule has 9 heteroatoms. The Morgan fingerprint density at radius 2 is 1.81 bits per heavy atom. The van der Waals surface area contributed by atoms with E-state index < -0.39 is 5.91 Å². The minimum absolute atomic E-state index is 0.0312. The molecule has 0 unspecified atom stereocenters. The number of phenols is 2. The van der Waals surface area contributed by atoms with Gasteiger partial charge in [-0.25, -0.2) is 10.4 Å². The first-order chi connectivity index (χ1) is 15.5. The van der Waals surface area contributed by atoms with Crippen molar-refractivity contribution in [2.24, 2.45) is 5.10 Å². The van der Waals surface area contributed by atoms with Crippen LogP contribution in [0.2, 0.25) is 0 Å². The molecule has 0 spiro atoms. The number of amides is 1. The van der Waals surface area contributed by atoms with E-state index in [0.717, 1.165) is 11.8 Å². The molecule has 32 heavy (non-hydrogen) atoms. The van der Waals surface area contributed by atoms with Gasteiger partial charge in [0.1, 0.15) is 11.5 Å². The number of rotatable bonds is 6. The van der Waals surface area contributed by atoms with Crippen molar-refractivity contribution in [3.8, 4) is 17.2 Å². The molecule has 160 valence electrons. The first kappa shape index (κ1) is 21.1. The van der Waals surface area contributed by atoms with Gasteiger partial charge in [0, 0.05) is 11.6 Å². The maximum Gasteiger partial charge on any atom is 0.266 e. The third kappa shape index (κ3) is 4.62. The Morgan fingerprint density at radius 3 is 2.59 bits per heavy atom. The standard InChI is InChI=1S/C23H18N4O4S/c28-17-11-10-15(20(29)12-17)13-24-26-21(30)14-32-23-25-19-9-5-4-8-18(19)22(31)27(23)16-6-2-1-3-7-16/h1-13,28-29H,14H2,(H,26,30)/b24-13+. The number of phenolic OH excluding ortho intramolecular Hbond substituents is 2. The van der Waals surface area contributed by atoms with Gasteiger partial charge in [0.25, 0.3) is 11.5 Å². The first-order valence-corrected chi connectivity index (χ1v) is 10.6. The van der Waals surface area contributed by atoms with Crippen molar-refractivity contribution in [3.05, 3.63) is 88.7 Å². The quantitative estimate of drug-likeness (QED) is 0.181. The van der Waals surface area contributed by atoms with Gasteiger partial charge in [0.05, 0.1) is 28.6 Å². The highest BCUT2D eigenvalue weighted by Crippen LogP contribution is 2.22. The number of hydrazone groups is 1. The van der Waals surface area contributed by atoms with E-state index in [1.54, 1.807) is 36.4 Å².